The Morgan fingerprint density at radius 1 is 1.19 bits per heavy atom. The standard InChI is InChI=1S/C21H19ClN4O/c1-3-19(27)25-13-18-20(15-8-10-23-11-9-15)21(24-26(18)12-14(25)2)16-4-6-17(22)7-5-16/h3-11,14H,1,12-13H2,2H3/t14-/m0/s1. The number of carbonyl (C=O) groups excluding carboxylic acids is 1. The van der Waals surface area contributed by atoms with Gasteiger partial charge in [-0.25, -0.2) is 0 Å². The summed E-state index contributed by atoms with van der Waals surface area (Å²) in [5, 5.41) is 5.57. The van der Waals surface area contributed by atoms with Gasteiger partial charge in [-0.2, -0.15) is 5.10 Å². The summed E-state index contributed by atoms with van der Waals surface area (Å²) in [5.41, 5.74) is 4.93. The van der Waals surface area contributed by atoms with Gasteiger partial charge in [-0.05, 0) is 42.8 Å². The number of fused-ring (bicyclic) bond motifs is 1. The van der Waals surface area contributed by atoms with Crippen molar-refractivity contribution in [2.75, 3.05) is 0 Å². The third-order valence-corrected chi connectivity index (χ3v) is 5.14. The van der Waals surface area contributed by atoms with Crippen molar-refractivity contribution in [3.05, 3.63) is 72.2 Å². The van der Waals surface area contributed by atoms with Crippen LogP contribution in [0.15, 0.2) is 61.4 Å². The second-order valence-electron chi connectivity index (χ2n) is 6.61. The van der Waals surface area contributed by atoms with Crippen LogP contribution in [0, 0.1) is 0 Å². The van der Waals surface area contributed by atoms with Crippen LogP contribution in [0.25, 0.3) is 22.4 Å². The number of aromatic nitrogens is 3. The average Bonchev–Trinajstić information content (AvgIpc) is 3.06. The van der Waals surface area contributed by atoms with Gasteiger partial charge in [0.2, 0.25) is 5.91 Å². The van der Waals surface area contributed by atoms with Crippen LogP contribution >= 0.6 is 11.6 Å². The molecule has 0 spiro atoms. The van der Waals surface area contributed by atoms with E-state index < -0.39 is 0 Å². The van der Waals surface area contributed by atoms with Gasteiger partial charge in [-0.3, -0.25) is 14.5 Å². The number of hydrogen-bond donors (Lipinski definition) is 0. The number of carbonyl (C=O) groups is 1. The Hall–Kier alpha value is -2.92. The van der Waals surface area contributed by atoms with Gasteiger partial charge < -0.3 is 4.90 Å². The Morgan fingerprint density at radius 3 is 2.56 bits per heavy atom. The van der Waals surface area contributed by atoms with Gasteiger partial charge in [0, 0.05) is 34.6 Å². The first-order chi connectivity index (χ1) is 13.1. The van der Waals surface area contributed by atoms with Gasteiger partial charge in [0.05, 0.1) is 18.8 Å². The summed E-state index contributed by atoms with van der Waals surface area (Å²) in [6, 6.07) is 11.6. The van der Waals surface area contributed by atoms with Crippen LogP contribution in [0.5, 0.6) is 0 Å². The molecule has 6 heteroatoms. The summed E-state index contributed by atoms with van der Waals surface area (Å²) in [5.74, 6) is -0.0660. The lowest BCUT2D eigenvalue weighted by Gasteiger charge is -2.33. The third-order valence-electron chi connectivity index (χ3n) is 4.89. The molecule has 4 rings (SSSR count). The summed E-state index contributed by atoms with van der Waals surface area (Å²) in [6.45, 7) is 6.79. The van der Waals surface area contributed by atoms with E-state index >= 15 is 0 Å². The number of hydrogen-bond acceptors (Lipinski definition) is 3. The molecular formula is C21H19ClN4O. The molecule has 0 fully saturated rings. The van der Waals surface area contributed by atoms with Crippen LogP contribution in [-0.2, 0) is 17.9 Å². The molecule has 27 heavy (non-hydrogen) atoms. The normalized spacial score (nSPS) is 16.1. The molecule has 0 saturated heterocycles. The number of amides is 1. The molecule has 2 aromatic heterocycles. The van der Waals surface area contributed by atoms with Gasteiger partial charge in [0.25, 0.3) is 0 Å². The largest absolute Gasteiger partial charge is 0.329 e. The van der Waals surface area contributed by atoms with Gasteiger partial charge in [-0.1, -0.05) is 30.3 Å². The lowest BCUT2D eigenvalue weighted by atomic mass is 9.98. The molecule has 1 aromatic carbocycles. The molecule has 1 aliphatic heterocycles. The molecule has 5 nitrogen and oxygen atoms in total. The van der Waals surface area contributed by atoms with Crippen molar-refractivity contribution >= 4 is 17.5 Å². The molecule has 3 heterocycles. The Labute approximate surface area is 162 Å². The zero-order valence-electron chi connectivity index (χ0n) is 15.0. The predicted octanol–water partition coefficient (Wildman–Crippen LogP) is 4.18. The Balaban J connectivity index is 1.90. The Kier molecular flexibility index (Phi) is 4.54. The molecule has 1 atom stereocenters. The molecule has 0 radical (unpaired) electrons. The molecule has 0 aliphatic carbocycles. The summed E-state index contributed by atoms with van der Waals surface area (Å²) in [4.78, 5) is 18.3. The fraction of sp³-hybridized carbons (Fsp3) is 0.190. The van der Waals surface area contributed by atoms with Crippen molar-refractivity contribution < 1.29 is 4.79 Å². The lowest BCUT2D eigenvalue weighted by molar-refractivity contribution is -0.129. The number of halogens is 1. The van der Waals surface area contributed by atoms with Gasteiger partial charge in [-0.15, -0.1) is 0 Å². The van der Waals surface area contributed by atoms with E-state index in [0.717, 1.165) is 28.1 Å². The van der Waals surface area contributed by atoms with E-state index in [9.17, 15) is 4.79 Å². The van der Waals surface area contributed by atoms with Gasteiger partial charge in [0.15, 0.2) is 0 Å². The molecule has 1 amide bonds. The lowest BCUT2D eigenvalue weighted by Crippen LogP contribution is -2.44. The van der Waals surface area contributed by atoms with Crippen molar-refractivity contribution in [3.8, 4) is 22.4 Å². The minimum atomic E-state index is -0.0660. The van der Waals surface area contributed by atoms with E-state index in [1.54, 1.807) is 12.4 Å². The maximum Gasteiger partial charge on any atom is 0.246 e. The highest BCUT2D eigenvalue weighted by atomic mass is 35.5. The van der Waals surface area contributed by atoms with E-state index in [2.05, 4.69) is 11.6 Å². The van der Waals surface area contributed by atoms with Crippen molar-refractivity contribution in [2.24, 2.45) is 0 Å². The first-order valence-corrected chi connectivity index (χ1v) is 9.15. The zero-order chi connectivity index (χ0) is 19.0. The van der Waals surface area contributed by atoms with Gasteiger partial charge in [0.1, 0.15) is 5.69 Å². The number of rotatable bonds is 3. The highest BCUT2D eigenvalue weighted by molar-refractivity contribution is 6.30. The summed E-state index contributed by atoms with van der Waals surface area (Å²) in [7, 11) is 0. The first-order valence-electron chi connectivity index (χ1n) is 8.77. The maximum atomic E-state index is 12.3. The SMILES string of the molecule is C=CC(=O)N1Cc2c(-c3ccncc3)c(-c3ccc(Cl)cc3)nn2C[C@@H]1C. The molecule has 0 saturated carbocycles. The minimum Gasteiger partial charge on any atom is -0.329 e. The third kappa shape index (κ3) is 3.15. The van der Waals surface area contributed by atoms with E-state index in [0.29, 0.717) is 18.1 Å². The molecule has 136 valence electrons. The molecule has 0 unspecified atom stereocenters. The fourth-order valence-electron chi connectivity index (χ4n) is 3.52. The maximum absolute atomic E-state index is 12.3. The van der Waals surface area contributed by atoms with Crippen LogP contribution in [0.3, 0.4) is 0 Å². The van der Waals surface area contributed by atoms with Crippen LogP contribution in [0.1, 0.15) is 12.6 Å². The highest BCUT2D eigenvalue weighted by Gasteiger charge is 2.31. The topological polar surface area (TPSA) is 51.0 Å². The van der Waals surface area contributed by atoms with E-state index in [-0.39, 0.29) is 11.9 Å². The first kappa shape index (κ1) is 17.5. The fourth-order valence-corrected chi connectivity index (χ4v) is 3.64. The predicted molar refractivity (Wildman–Crippen MR) is 106 cm³/mol. The molecule has 0 bridgehead atoms. The number of nitrogens with zero attached hydrogens (tertiary/aromatic N) is 4. The number of pyridine rings is 1. The summed E-state index contributed by atoms with van der Waals surface area (Å²) >= 11 is 6.06. The van der Waals surface area contributed by atoms with Crippen molar-refractivity contribution in [2.45, 2.75) is 26.1 Å². The summed E-state index contributed by atoms with van der Waals surface area (Å²) in [6.07, 6.45) is 4.90. The van der Waals surface area contributed by atoms with E-state index in [4.69, 9.17) is 16.7 Å². The second kappa shape index (κ2) is 7.00. The minimum absolute atomic E-state index is 0.0475. The summed E-state index contributed by atoms with van der Waals surface area (Å²) < 4.78 is 2.01. The van der Waals surface area contributed by atoms with Crippen molar-refractivity contribution in [1.82, 2.24) is 19.7 Å². The van der Waals surface area contributed by atoms with E-state index in [1.165, 1.54) is 6.08 Å². The van der Waals surface area contributed by atoms with Crippen molar-refractivity contribution in [1.29, 1.82) is 0 Å². The van der Waals surface area contributed by atoms with Crippen LogP contribution < -0.4 is 0 Å². The zero-order valence-corrected chi connectivity index (χ0v) is 15.7. The highest BCUT2D eigenvalue weighted by Crippen LogP contribution is 2.37. The average molecular weight is 379 g/mol. The van der Waals surface area contributed by atoms with Crippen LogP contribution in [0.4, 0.5) is 0 Å². The number of benzene rings is 1. The van der Waals surface area contributed by atoms with Gasteiger partial charge >= 0.3 is 0 Å². The van der Waals surface area contributed by atoms with E-state index in [1.807, 2.05) is 52.9 Å². The molecule has 3 aromatic rings. The molecule has 1 aliphatic rings. The molecular weight excluding hydrogens is 360 g/mol. The van der Waals surface area contributed by atoms with Crippen LogP contribution in [-0.4, -0.2) is 31.6 Å². The monoisotopic (exact) mass is 378 g/mol. The second-order valence-corrected chi connectivity index (χ2v) is 7.05. The Morgan fingerprint density at radius 2 is 1.89 bits per heavy atom. The molecule has 0 N–H and O–H groups in total. The smallest absolute Gasteiger partial charge is 0.246 e. The van der Waals surface area contributed by atoms with Crippen molar-refractivity contribution in [3.63, 3.8) is 0 Å². The quantitative estimate of drug-likeness (QED) is 0.642. The Bertz CT molecular complexity index is 995. The van der Waals surface area contributed by atoms with Crippen LogP contribution in [0.2, 0.25) is 5.02 Å².